The van der Waals surface area contributed by atoms with Crippen LogP contribution in [0.4, 0.5) is 30.7 Å². The van der Waals surface area contributed by atoms with Crippen molar-refractivity contribution in [3.05, 3.63) is 0 Å². The molecule has 0 aromatic rings. The number of aliphatic hydroxyl groups excluding tert-OH is 2. The van der Waals surface area contributed by atoms with E-state index in [1.165, 1.54) is 0 Å². The van der Waals surface area contributed by atoms with E-state index >= 15 is 0 Å². The van der Waals surface area contributed by atoms with Gasteiger partial charge in [-0.3, -0.25) is 0 Å². The molecule has 2 N–H and O–H groups in total. The largest absolute Gasteiger partial charge is 0.393 e. The summed E-state index contributed by atoms with van der Waals surface area (Å²) in [6.45, 7) is -4.69. The topological polar surface area (TPSA) is 49.7 Å². The summed E-state index contributed by atoms with van der Waals surface area (Å²) in [5.41, 5.74) is -9.61. The zero-order valence-corrected chi connectivity index (χ0v) is 9.57. The van der Waals surface area contributed by atoms with E-state index in [0.29, 0.717) is 7.11 Å². The van der Waals surface area contributed by atoms with Crippen LogP contribution in [0.25, 0.3) is 0 Å². The average Bonchev–Trinajstić information content (AvgIpc) is 2.35. The van der Waals surface area contributed by atoms with Gasteiger partial charge in [-0.15, -0.1) is 0 Å². The van der Waals surface area contributed by atoms with Crippen molar-refractivity contribution in [2.24, 2.45) is 0 Å². The molecule has 0 aliphatic heterocycles. The zero-order chi connectivity index (χ0) is 15.3. The van der Waals surface area contributed by atoms with E-state index in [1.54, 1.807) is 0 Å². The maximum Gasteiger partial charge on any atom is 0.347 e. The van der Waals surface area contributed by atoms with Crippen molar-refractivity contribution in [1.82, 2.24) is 0 Å². The van der Waals surface area contributed by atoms with Gasteiger partial charge in [0.15, 0.2) is 0 Å². The smallest absolute Gasteiger partial charge is 0.347 e. The Labute approximate surface area is 103 Å². The monoisotopic (exact) mass is 300 g/mol. The van der Waals surface area contributed by atoms with E-state index < -0.39 is 48.7 Å². The van der Waals surface area contributed by atoms with Crippen LogP contribution in [-0.4, -0.2) is 59.6 Å². The van der Waals surface area contributed by atoms with Crippen molar-refractivity contribution in [1.29, 1.82) is 0 Å². The van der Waals surface area contributed by atoms with Gasteiger partial charge in [0.25, 0.3) is 11.5 Å². The van der Waals surface area contributed by atoms with Gasteiger partial charge in [-0.05, 0) is 0 Å². The lowest BCUT2D eigenvalue weighted by atomic mass is 9.69. The Hall–Kier alpha value is -0.610. The second kappa shape index (κ2) is 4.19. The van der Waals surface area contributed by atoms with Gasteiger partial charge in [0, 0.05) is 7.11 Å². The Morgan fingerprint density at radius 3 is 1.68 bits per heavy atom. The first-order chi connectivity index (χ1) is 8.39. The fourth-order valence-corrected chi connectivity index (χ4v) is 1.98. The van der Waals surface area contributed by atoms with Gasteiger partial charge < -0.3 is 14.9 Å². The Morgan fingerprint density at radius 2 is 1.37 bits per heavy atom. The van der Waals surface area contributed by atoms with Gasteiger partial charge in [-0.25, -0.2) is 13.2 Å². The summed E-state index contributed by atoms with van der Waals surface area (Å²) in [7, 11) is 0.299. The SMILES string of the molecule is COC1(F)CC(F)(CO)C(F)(F)C(F)(CO)C1(F)F. The van der Waals surface area contributed by atoms with E-state index in [9.17, 15) is 30.7 Å². The quantitative estimate of drug-likeness (QED) is 0.774. The molecule has 0 amide bonds. The molecule has 1 rings (SSSR count). The third-order valence-corrected chi connectivity index (χ3v) is 3.33. The van der Waals surface area contributed by atoms with Gasteiger partial charge in [-0.2, -0.15) is 17.6 Å². The molecule has 1 fully saturated rings. The van der Waals surface area contributed by atoms with Crippen LogP contribution in [0.3, 0.4) is 0 Å². The van der Waals surface area contributed by atoms with Crippen molar-refractivity contribution >= 4 is 0 Å². The Kier molecular flexibility index (Phi) is 3.63. The molecule has 0 aromatic carbocycles. The molecular formula is C9H11F7O3. The van der Waals surface area contributed by atoms with Crippen LogP contribution in [-0.2, 0) is 4.74 Å². The fourth-order valence-electron chi connectivity index (χ4n) is 1.98. The zero-order valence-electron chi connectivity index (χ0n) is 9.57. The lowest BCUT2D eigenvalue weighted by molar-refractivity contribution is -0.417. The lowest BCUT2D eigenvalue weighted by Gasteiger charge is -2.53. The minimum Gasteiger partial charge on any atom is -0.393 e. The highest BCUT2D eigenvalue weighted by atomic mass is 19.3. The molecular weight excluding hydrogens is 289 g/mol. The van der Waals surface area contributed by atoms with Crippen LogP contribution in [0.15, 0.2) is 0 Å². The Morgan fingerprint density at radius 1 is 0.895 bits per heavy atom. The van der Waals surface area contributed by atoms with Crippen molar-refractivity contribution in [3.63, 3.8) is 0 Å². The first-order valence-corrected chi connectivity index (χ1v) is 4.98. The molecule has 3 nitrogen and oxygen atoms in total. The standard InChI is InChI=1S/C9H11F7O3/c1-19-7(12)2-5(10,3-17)8(13,14)6(11,4-18)9(7,15)16/h17-18H,2-4H2,1H3. The predicted molar refractivity (Wildman–Crippen MR) is 47.2 cm³/mol. The normalized spacial score (nSPS) is 45.2. The summed E-state index contributed by atoms with van der Waals surface area (Å²) in [6, 6.07) is 0. The van der Waals surface area contributed by atoms with E-state index in [4.69, 9.17) is 10.2 Å². The highest BCUT2D eigenvalue weighted by Crippen LogP contribution is 2.62. The summed E-state index contributed by atoms with van der Waals surface area (Å²) in [5.74, 6) is -15.5. The number of ether oxygens (including phenoxy) is 1. The van der Waals surface area contributed by atoms with Crippen molar-refractivity contribution < 1.29 is 45.7 Å². The van der Waals surface area contributed by atoms with Gasteiger partial charge in [-0.1, -0.05) is 0 Å². The molecule has 0 bridgehead atoms. The minimum atomic E-state index is -5.53. The highest BCUT2D eigenvalue weighted by Gasteiger charge is 2.88. The summed E-state index contributed by atoms with van der Waals surface area (Å²) in [5, 5.41) is 17.0. The predicted octanol–water partition coefficient (Wildman–Crippen LogP) is 1.37. The number of hydrogen-bond acceptors (Lipinski definition) is 3. The molecule has 0 saturated heterocycles. The first kappa shape index (κ1) is 16.4. The summed E-state index contributed by atoms with van der Waals surface area (Å²) in [6.07, 6.45) is -2.29. The average molecular weight is 300 g/mol. The van der Waals surface area contributed by atoms with Gasteiger partial charge >= 0.3 is 11.8 Å². The minimum absolute atomic E-state index is 0.299. The van der Waals surface area contributed by atoms with Crippen LogP contribution in [0.1, 0.15) is 6.42 Å². The maximum absolute atomic E-state index is 13.8. The number of rotatable bonds is 3. The summed E-state index contributed by atoms with van der Waals surface area (Å²) >= 11 is 0. The van der Waals surface area contributed by atoms with E-state index in [2.05, 4.69) is 4.74 Å². The van der Waals surface area contributed by atoms with Crippen molar-refractivity contribution in [2.75, 3.05) is 20.3 Å². The first-order valence-electron chi connectivity index (χ1n) is 4.98. The Balaban J connectivity index is 3.56. The van der Waals surface area contributed by atoms with Crippen molar-refractivity contribution in [2.45, 2.75) is 35.5 Å². The third-order valence-electron chi connectivity index (χ3n) is 3.33. The summed E-state index contributed by atoms with van der Waals surface area (Å²) < 4.78 is 99.0. The fraction of sp³-hybridized carbons (Fsp3) is 1.00. The number of alkyl halides is 7. The Bertz CT molecular complexity index is 336. The summed E-state index contributed by atoms with van der Waals surface area (Å²) in [4.78, 5) is 0. The van der Waals surface area contributed by atoms with Crippen LogP contribution in [0.5, 0.6) is 0 Å². The molecule has 1 saturated carbocycles. The molecule has 3 unspecified atom stereocenters. The molecule has 3 atom stereocenters. The van der Waals surface area contributed by atoms with Crippen LogP contribution < -0.4 is 0 Å². The van der Waals surface area contributed by atoms with Crippen molar-refractivity contribution in [3.8, 4) is 0 Å². The van der Waals surface area contributed by atoms with E-state index in [-0.39, 0.29) is 0 Å². The molecule has 0 aromatic heterocycles. The molecule has 1 aliphatic carbocycles. The second-order valence-electron chi connectivity index (χ2n) is 4.34. The molecule has 10 heteroatoms. The molecule has 114 valence electrons. The van der Waals surface area contributed by atoms with Gasteiger partial charge in [0.2, 0.25) is 5.67 Å². The number of halogens is 7. The van der Waals surface area contributed by atoms with Crippen LogP contribution >= 0.6 is 0 Å². The molecule has 0 heterocycles. The molecule has 19 heavy (non-hydrogen) atoms. The van der Waals surface area contributed by atoms with E-state index in [1.807, 2.05) is 0 Å². The number of methoxy groups -OCH3 is 1. The number of aliphatic hydroxyl groups is 2. The third kappa shape index (κ3) is 1.62. The van der Waals surface area contributed by atoms with E-state index in [0.717, 1.165) is 0 Å². The van der Waals surface area contributed by atoms with Gasteiger partial charge in [0.05, 0.1) is 19.6 Å². The second-order valence-corrected chi connectivity index (χ2v) is 4.34. The van der Waals surface area contributed by atoms with Gasteiger partial charge in [0.1, 0.15) is 0 Å². The maximum atomic E-state index is 13.8. The molecule has 0 radical (unpaired) electrons. The highest BCUT2D eigenvalue weighted by molar-refractivity contribution is 5.22. The molecule has 1 aliphatic rings. The molecule has 0 spiro atoms. The van der Waals surface area contributed by atoms with Crippen LogP contribution in [0, 0.1) is 0 Å². The van der Waals surface area contributed by atoms with Crippen LogP contribution in [0.2, 0.25) is 0 Å². The lowest BCUT2D eigenvalue weighted by Crippen LogP contribution is -2.79. The number of hydrogen-bond donors (Lipinski definition) is 2.